The van der Waals surface area contributed by atoms with E-state index in [1.165, 1.54) is 24.9 Å². The van der Waals surface area contributed by atoms with Gasteiger partial charge in [-0.1, -0.05) is 0 Å². The molecule has 0 saturated carbocycles. The van der Waals surface area contributed by atoms with Gasteiger partial charge in [0.25, 0.3) is 0 Å². The third kappa shape index (κ3) is 2.80. The third-order valence-corrected chi connectivity index (χ3v) is 5.13. The SMILES string of the molecule is CN(C(C)(C)CO)S(=O)(=O)c1cc(C(=O)O)n(C)c1. The van der Waals surface area contributed by atoms with Crippen molar-refractivity contribution in [3.8, 4) is 0 Å². The Kier molecular flexibility index (Phi) is 4.08. The molecule has 19 heavy (non-hydrogen) atoms. The Morgan fingerprint density at radius 1 is 1.47 bits per heavy atom. The summed E-state index contributed by atoms with van der Waals surface area (Å²) in [5.41, 5.74) is -1.09. The summed E-state index contributed by atoms with van der Waals surface area (Å²) in [5, 5.41) is 18.1. The van der Waals surface area contributed by atoms with Crippen LogP contribution in [-0.4, -0.2) is 52.7 Å². The van der Waals surface area contributed by atoms with Gasteiger partial charge in [-0.2, -0.15) is 4.31 Å². The lowest BCUT2D eigenvalue weighted by atomic mass is 10.1. The van der Waals surface area contributed by atoms with Crippen molar-refractivity contribution in [2.24, 2.45) is 7.05 Å². The fourth-order valence-electron chi connectivity index (χ4n) is 1.47. The standard InChI is InChI=1S/C11H18N2O5S/c1-11(2,7-14)13(4)19(17,18)8-5-9(10(15)16)12(3)6-8/h5-6,14H,7H2,1-4H3,(H,15,16). The summed E-state index contributed by atoms with van der Waals surface area (Å²) >= 11 is 0. The summed E-state index contributed by atoms with van der Waals surface area (Å²) < 4.78 is 26.9. The van der Waals surface area contributed by atoms with Gasteiger partial charge in [-0.3, -0.25) is 0 Å². The van der Waals surface area contributed by atoms with Crippen LogP contribution in [0.4, 0.5) is 0 Å². The number of aromatic carboxylic acids is 1. The first kappa shape index (κ1) is 15.7. The van der Waals surface area contributed by atoms with E-state index in [1.54, 1.807) is 13.8 Å². The topological polar surface area (TPSA) is 99.8 Å². The number of aliphatic hydroxyl groups excluding tert-OH is 1. The molecule has 0 unspecified atom stereocenters. The van der Waals surface area contributed by atoms with Gasteiger partial charge in [-0.05, 0) is 19.9 Å². The number of sulfonamides is 1. The lowest BCUT2D eigenvalue weighted by Crippen LogP contribution is -2.47. The van der Waals surface area contributed by atoms with Gasteiger partial charge in [0.2, 0.25) is 10.0 Å². The highest BCUT2D eigenvalue weighted by Crippen LogP contribution is 2.23. The maximum absolute atomic E-state index is 12.3. The highest BCUT2D eigenvalue weighted by Gasteiger charge is 2.34. The number of aromatic nitrogens is 1. The molecule has 0 fully saturated rings. The van der Waals surface area contributed by atoms with Crippen molar-refractivity contribution >= 4 is 16.0 Å². The fourth-order valence-corrected chi connectivity index (χ4v) is 3.05. The zero-order chi connectivity index (χ0) is 15.0. The average molecular weight is 290 g/mol. The number of aryl methyl sites for hydroxylation is 1. The van der Waals surface area contributed by atoms with E-state index in [-0.39, 0.29) is 17.2 Å². The average Bonchev–Trinajstić information content (AvgIpc) is 2.71. The minimum absolute atomic E-state index is 0.114. The van der Waals surface area contributed by atoms with Crippen molar-refractivity contribution in [2.45, 2.75) is 24.3 Å². The zero-order valence-corrected chi connectivity index (χ0v) is 12.1. The number of nitrogens with zero attached hydrogens (tertiary/aromatic N) is 2. The first-order valence-corrected chi connectivity index (χ1v) is 6.97. The molecule has 1 aromatic heterocycles. The van der Waals surface area contributed by atoms with E-state index in [9.17, 15) is 18.3 Å². The molecule has 0 saturated heterocycles. The van der Waals surface area contributed by atoms with Crippen LogP contribution in [0.1, 0.15) is 24.3 Å². The Labute approximate surface area is 112 Å². The number of hydrogen-bond acceptors (Lipinski definition) is 4. The van der Waals surface area contributed by atoms with Gasteiger partial charge in [0.05, 0.1) is 12.1 Å². The largest absolute Gasteiger partial charge is 0.477 e. The van der Waals surface area contributed by atoms with E-state index in [0.717, 1.165) is 10.4 Å². The number of carboxylic acids is 1. The van der Waals surface area contributed by atoms with Crippen molar-refractivity contribution in [3.05, 3.63) is 18.0 Å². The summed E-state index contributed by atoms with van der Waals surface area (Å²) in [6.07, 6.45) is 1.24. The van der Waals surface area contributed by atoms with E-state index in [1.807, 2.05) is 0 Å². The van der Waals surface area contributed by atoms with Crippen molar-refractivity contribution in [2.75, 3.05) is 13.7 Å². The summed E-state index contributed by atoms with van der Waals surface area (Å²) in [4.78, 5) is 10.8. The minimum atomic E-state index is -3.85. The second-order valence-electron chi connectivity index (χ2n) is 4.92. The predicted octanol–water partition coefficient (Wildman–Crippen LogP) is 0.115. The van der Waals surface area contributed by atoms with Crippen LogP contribution in [0, 0.1) is 0 Å². The van der Waals surface area contributed by atoms with Crippen molar-refractivity contribution in [1.82, 2.24) is 8.87 Å². The summed E-state index contributed by atoms with van der Waals surface area (Å²) in [5.74, 6) is -1.20. The maximum atomic E-state index is 12.3. The van der Waals surface area contributed by atoms with Gasteiger partial charge in [-0.15, -0.1) is 0 Å². The van der Waals surface area contributed by atoms with Gasteiger partial charge in [0.1, 0.15) is 10.6 Å². The number of carbonyl (C=O) groups is 1. The van der Waals surface area contributed by atoms with E-state index >= 15 is 0 Å². The van der Waals surface area contributed by atoms with E-state index in [2.05, 4.69) is 0 Å². The van der Waals surface area contributed by atoms with Crippen LogP contribution in [-0.2, 0) is 17.1 Å². The van der Waals surface area contributed by atoms with Crippen LogP contribution in [0.3, 0.4) is 0 Å². The number of likely N-dealkylation sites (N-methyl/N-ethyl adjacent to an activating group) is 1. The first-order valence-electron chi connectivity index (χ1n) is 5.53. The molecule has 2 N–H and O–H groups in total. The normalized spacial score (nSPS) is 12.9. The molecular formula is C11H18N2O5S. The number of rotatable bonds is 5. The number of aliphatic hydroxyl groups is 1. The Morgan fingerprint density at radius 2 is 2.00 bits per heavy atom. The molecule has 0 amide bonds. The molecule has 7 nitrogen and oxygen atoms in total. The molecule has 1 aromatic rings. The Balaban J connectivity index is 3.29. The zero-order valence-electron chi connectivity index (χ0n) is 11.3. The monoisotopic (exact) mass is 290 g/mol. The highest BCUT2D eigenvalue weighted by atomic mass is 32.2. The molecule has 0 aliphatic heterocycles. The second kappa shape index (κ2) is 4.95. The Hall–Kier alpha value is -1.38. The molecule has 0 atom stereocenters. The van der Waals surface area contributed by atoms with Crippen molar-refractivity contribution < 1.29 is 23.4 Å². The molecule has 0 aromatic carbocycles. The van der Waals surface area contributed by atoms with Crippen LogP contribution in [0.5, 0.6) is 0 Å². The van der Waals surface area contributed by atoms with E-state index < -0.39 is 21.5 Å². The van der Waals surface area contributed by atoms with Crippen LogP contribution in [0.2, 0.25) is 0 Å². The van der Waals surface area contributed by atoms with Crippen LogP contribution < -0.4 is 0 Å². The summed E-state index contributed by atoms with van der Waals surface area (Å²) in [6.45, 7) is 2.80. The molecule has 0 aliphatic carbocycles. The molecule has 0 bridgehead atoms. The van der Waals surface area contributed by atoms with Crippen molar-refractivity contribution in [1.29, 1.82) is 0 Å². The molecule has 0 radical (unpaired) electrons. The molecule has 8 heteroatoms. The molecular weight excluding hydrogens is 272 g/mol. The van der Waals surface area contributed by atoms with Gasteiger partial charge in [0.15, 0.2) is 0 Å². The summed E-state index contributed by atoms with van der Waals surface area (Å²) in [7, 11) is -1.05. The second-order valence-corrected chi connectivity index (χ2v) is 6.89. The van der Waals surface area contributed by atoms with E-state index in [0.29, 0.717) is 0 Å². The predicted molar refractivity (Wildman–Crippen MR) is 68.5 cm³/mol. The molecule has 0 spiro atoms. The Morgan fingerprint density at radius 3 is 2.37 bits per heavy atom. The van der Waals surface area contributed by atoms with E-state index in [4.69, 9.17) is 5.11 Å². The van der Waals surface area contributed by atoms with Crippen molar-refractivity contribution in [3.63, 3.8) is 0 Å². The summed E-state index contributed by atoms with van der Waals surface area (Å²) in [6, 6.07) is 1.10. The molecule has 0 aliphatic rings. The number of carboxylic acid groups (broad SMARTS) is 1. The van der Waals surface area contributed by atoms with Crippen LogP contribution >= 0.6 is 0 Å². The van der Waals surface area contributed by atoms with Gasteiger partial charge in [-0.25, -0.2) is 13.2 Å². The van der Waals surface area contributed by atoms with Gasteiger partial charge < -0.3 is 14.8 Å². The third-order valence-electron chi connectivity index (χ3n) is 3.10. The molecule has 1 heterocycles. The first-order chi connectivity index (χ1) is 8.54. The fraction of sp³-hybridized carbons (Fsp3) is 0.545. The Bertz CT molecular complexity index is 588. The quantitative estimate of drug-likeness (QED) is 0.802. The smallest absolute Gasteiger partial charge is 0.352 e. The number of hydrogen-bond donors (Lipinski definition) is 2. The van der Waals surface area contributed by atoms with Crippen LogP contribution in [0.25, 0.3) is 0 Å². The maximum Gasteiger partial charge on any atom is 0.352 e. The minimum Gasteiger partial charge on any atom is -0.477 e. The van der Waals surface area contributed by atoms with Crippen LogP contribution in [0.15, 0.2) is 17.2 Å². The lowest BCUT2D eigenvalue weighted by molar-refractivity contribution is 0.0686. The molecule has 1 rings (SSSR count). The highest BCUT2D eigenvalue weighted by molar-refractivity contribution is 7.89. The van der Waals surface area contributed by atoms with Gasteiger partial charge in [0, 0.05) is 20.3 Å². The molecule has 108 valence electrons. The van der Waals surface area contributed by atoms with Gasteiger partial charge >= 0.3 is 5.97 Å². The lowest BCUT2D eigenvalue weighted by Gasteiger charge is -2.32.